The van der Waals surface area contributed by atoms with E-state index in [1.807, 2.05) is 67.8 Å². The number of amides is 1. The molecule has 0 aliphatic heterocycles. The molecule has 0 radical (unpaired) electrons. The number of carbonyl (C=O) groups excluding carboxylic acids is 1. The fraction of sp³-hybridized carbons (Fsp3) is 0.200. The third kappa shape index (κ3) is 4.61. The van der Waals surface area contributed by atoms with Gasteiger partial charge in [0.15, 0.2) is 11.7 Å². The van der Waals surface area contributed by atoms with Crippen LogP contribution < -0.4 is 14.8 Å². The lowest BCUT2D eigenvalue weighted by Crippen LogP contribution is -2.20. The zero-order valence-corrected chi connectivity index (χ0v) is 15.5. The van der Waals surface area contributed by atoms with Crippen LogP contribution in [0.2, 0.25) is 0 Å². The summed E-state index contributed by atoms with van der Waals surface area (Å²) in [5, 5.41) is 5.20. The van der Waals surface area contributed by atoms with Gasteiger partial charge in [-0.15, -0.1) is 11.3 Å². The lowest BCUT2D eigenvalue weighted by Gasteiger charge is -2.08. The second kappa shape index (κ2) is 8.49. The molecule has 3 aromatic rings. The van der Waals surface area contributed by atoms with Crippen LogP contribution in [0.4, 0.5) is 5.13 Å². The molecule has 26 heavy (non-hydrogen) atoms. The number of benzene rings is 2. The minimum atomic E-state index is -0.245. The summed E-state index contributed by atoms with van der Waals surface area (Å²) in [6.45, 7) is 4.44. The molecular weight excluding hydrogens is 348 g/mol. The summed E-state index contributed by atoms with van der Waals surface area (Å²) in [6.07, 6.45) is 0. The Bertz CT molecular complexity index is 892. The third-order valence-electron chi connectivity index (χ3n) is 3.57. The minimum absolute atomic E-state index is 0.0616. The lowest BCUT2D eigenvalue weighted by molar-refractivity contribution is -0.118. The van der Waals surface area contributed by atoms with E-state index in [2.05, 4.69) is 10.3 Å². The van der Waals surface area contributed by atoms with Gasteiger partial charge in [0, 0.05) is 10.9 Å². The van der Waals surface area contributed by atoms with Crippen LogP contribution in [0.3, 0.4) is 0 Å². The highest BCUT2D eigenvalue weighted by atomic mass is 32.1. The van der Waals surface area contributed by atoms with Crippen molar-refractivity contribution in [2.75, 3.05) is 18.5 Å². The van der Waals surface area contributed by atoms with Crippen LogP contribution in [-0.2, 0) is 4.79 Å². The Morgan fingerprint density at radius 1 is 1.15 bits per heavy atom. The number of aromatic nitrogens is 1. The van der Waals surface area contributed by atoms with Crippen molar-refractivity contribution < 1.29 is 14.3 Å². The van der Waals surface area contributed by atoms with E-state index < -0.39 is 0 Å². The smallest absolute Gasteiger partial charge is 0.264 e. The predicted octanol–water partition coefficient (Wildman–Crippen LogP) is 4.53. The minimum Gasteiger partial charge on any atom is -0.493 e. The molecule has 0 saturated carbocycles. The van der Waals surface area contributed by atoms with E-state index in [1.165, 1.54) is 11.3 Å². The Morgan fingerprint density at radius 3 is 2.81 bits per heavy atom. The van der Waals surface area contributed by atoms with Crippen LogP contribution in [0, 0.1) is 6.92 Å². The fourth-order valence-electron chi connectivity index (χ4n) is 2.42. The van der Waals surface area contributed by atoms with Gasteiger partial charge in [-0.3, -0.25) is 10.1 Å². The molecule has 0 aliphatic rings. The lowest BCUT2D eigenvalue weighted by atomic mass is 10.1. The largest absolute Gasteiger partial charge is 0.493 e. The molecule has 0 spiro atoms. The van der Waals surface area contributed by atoms with Crippen LogP contribution in [-0.4, -0.2) is 24.1 Å². The highest BCUT2D eigenvalue weighted by Crippen LogP contribution is 2.32. The van der Waals surface area contributed by atoms with Crippen molar-refractivity contribution in [3.8, 4) is 22.8 Å². The Kier molecular flexibility index (Phi) is 5.86. The summed E-state index contributed by atoms with van der Waals surface area (Å²) in [4.78, 5) is 16.6. The number of nitrogens with zero attached hydrogens (tertiary/aromatic N) is 1. The first-order valence-corrected chi connectivity index (χ1v) is 9.20. The summed E-state index contributed by atoms with van der Waals surface area (Å²) < 4.78 is 11.1. The number of rotatable bonds is 7. The second-order valence-corrected chi connectivity index (χ2v) is 6.48. The van der Waals surface area contributed by atoms with Crippen molar-refractivity contribution in [2.24, 2.45) is 0 Å². The monoisotopic (exact) mass is 368 g/mol. The van der Waals surface area contributed by atoms with E-state index in [4.69, 9.17) is 9.47 Å². The van der Waals surface area contributed by atoms with Crippen LogP contribution in [0.1, 0.15) is 12.5 Å². The molecule has 0 unspecified atom stereocenters. The molecule has 5 nitrogen and oxygen atoms in total. The third-order valence-corrected chi connectivity index (χ3v) is 4.33. The Balaban J connectivity index is 1.62. The molecule has 0 atom stereocenters. The number of hydrogen-bond acceptors (Lipinski definition) is 5. The van der Waals surface area contributed by atoms with Crippen LogP contribution in [0.5, 0.6) is 11.5 Å². The van der Waals surface area contributed by atoms with Crippen molar-refractivity contribution in [3.63, 3.8) is 0 Å². The van der Waals surface area contributed by atoms with Gasteiger partial charge in [-0.1, -0.05) is 24.3 Å². The number of hydrogen-bond donors (Lipinski definition) is 1. The molecule has 134 valence electrons. The number of anilines is 1. The normalized spacial score (nSPS) is 10.4. The van der Waals surface area contributed by atoms with E-state index in [9.17, 15) is 4.79 Å². The van der Waals surface area contributed by atoms with Gasteiger partial charge in [-0.2, -0.15) is 0 Å². The molecule has 0 saturated heterocycles. The summed E-state index contributed by atoms with van der Waals surface area (Å²) in [5.41, 5.74) is 2.76. The van der Waals surface area contributed by atoms with Gasteiger partial charge < -0.3 is 9.47 Å². The van der Waals surface area contributed by atoms with Gasteiger partial charge in [0.1, 0.15) is 11.5 Å². The van der Waals surface area contributed by atoms with E-state index >= 15 is 0 Å². The summed E-state index contributed by atoms with van der Waals surface area (Å²) >= 11 is 1.37. The molecule has 1 N–H and O–H groups in total. The van der Waals surface area contributed by atoms with Gasteiger partial charge in [-0.25, -0.2) is 4.98 Å². The number of nitrogens with one attached hydrogen (secondary N) is 1. The average Bonchev–Trinajstić information content (AvgIpc) is 3.09. The number of ether oxygens (including phenoxy) is 2. The first kappa shape index (κ1) is 17.9. The number of aryl methyl sites for hydroxylation is 1. The molecule has 2 aromatic carbocycles. The van der Waals surface area contributed by atoms with Crippen molar-refractivity contribution >= 4 is 22.4 Å². The zero-order valence-electron chi connectivity index (χ0n) is 14.7. The van der Waals surface area contributed by atoms with Gasteiger partial charge >= 0.3 is 0 Å². The van der Waals surface area contributed by atoms with E-state index in [0.717, 1.165) is 22.6 Å². The molecule has 0 bridgehead atoms. The van der Waals surface area contributed by atoms with Crippen molar-refractivity contribution in [1.82, 2.24) is 4.98 Å². The molecule has 1 aromatic heterocycles. The van der Waals surface area contributed by atoms with Crippen molar-refractivity contribution in [3.05, 3.63) is 59.5 Å². The number of thiazole rings is 1. The molecule has 1 heterocycles. The zero-order chi connectivity index (χ0) is 18.4. The molecule has 0 fully saturated rings. The number of para-hydroxylation sites is 1. The van der Waals surface area contributed by atoms with E-state index in [-0.39, 0.29) is 12.5 Å². The highest BCUT2D eigenvalue weighted by molar-refractivity contribution is 7.14. The van der Waals surface area contributed by atoms with Crippen molar-refractivity contribution in [1.29, 1.82) is 0 Å². The molecule has 3 rings (SSSR count). The molecule has 6 heteroatoms. The van der Waals surface area contributed by atoms with Gasteiger partial charge in [0.05, 0.1) is 12.3 Å². The average molecular weight is 368 g/mol. The maximum atomic E-state index is 12.1. The predicted molar refractivity (Wildman–Crippen MR) is 104 cm³/mol. The second-order valence-electron chi connectivity index (χ2n) is 5.62. The highest BCUT2D eigenvalue weighted by Gasteiger charge is 2.12. The van der Waals surface area contributed by atoms with Gasteiger partial charge in [-0.05, 0) is 43.7 Å². The topological polar surface area (TPSA) is 60.5 Å². The molecule has 1 amide bonds. The quantitative estimate of drug-likeness (QED) is 0.665. The number of carbonyl (C=O) groups is 1. The summed E-state index contributed by atoms with van der Waals surface area (Å²) in [6, 6.07) is 15.3. The maximum absolute atomic E-state index is 12.1. The molecular formula is C20H20N2O3S. The summed E-state index contributed by atoms with van der Waals surface area (Å²) in [5.74, 6) is 1.21. The standard InChI is InChI=1S/C20H20N2O3S/c1-3-24-18-10-5-4-9-16(18)17-13-26-20(21-17)22-19(23)12-25-15-8-6-7-14(2)11-15/h4-11,13H,3,12H2,1-2H3,(H,21,22,23). The summed E-state index contributed by atoms with van der Waals surface area (Å²) in [7, 11) is 0. The first-order valence-electron chi connectivity index (χ1n) is 8.32. The molecule has 0 aliphatic carbocycles. The first-order chi connectivity index (χ1) is 12.7. The van der Waals surface area contributed by atoms with Crippen molar-refractivity contribution in [2.45, 2.75) is 13.8 Å². The Hall–Kier alpha value is -2.86. The fourth-order valence-corrected chi connectivity index (χ4v) is 3.15. The van der Waals surface area contributed by atoms with Crippen LogP contribution in [0.15, 0.2) is 53.9 Å². The Labute approximate surface area is 156 Å². The van der Waals surface area contributed by atoms with E-state index in [1.54, 1.807) is 0 Å². The van der Waals surface area contributed by atoms with Gasteiger partial charge in [0.25, 0.3) is 5.91 Å². The van der Waals surface area contributed by atoms with E-state index in [0.29, 0.717) is 17.5 Å². The van der Waals surface area contributed by atoms with Crippen LogP contribution in [0.25, 0.3) is 11.3 Å². The maximum Gasteiger partial charge on any atom is 0.264 e. The SMILES string of the molecule is CCOc1ccccc1-c1csc(NC(=O)COc2cccc(C)c2)n1. The Morgan fingerprint density at radius 2 is 2.00 bits per heavy atom. The van der Waals surface area contributed by atoms with Gasteiger partial charge in [0.2, 0.25) is 0 Å². The van der Waals surface area contributed by atoms with Crippen LogP contribution >= 0.6 is 11.3 Å².